The third-order valence-corrected chi connectivity index (χ3v) is 9.22. The van der Waals surface area contributed by atoms with Crippen molar-refractivity contribution in [1.82, 2.24) is 4.90 Å². The molecule has 2 aromatic rings. The molecule has 0 N–H and O–H groups in total. The first-order valence-electron chi connectivity index (χ1n) is 14.4. The monoisotopic (exact) mass is 655 g/mol. The third-order valence-electron chi connectivity index (χ3n) is 8.40. The highest BCUT2D eigenvalue weighted by Crippen LogP contribution is 2.55. The van der Waals surface area contributed by atoms with Gasteiger partial charge in [-0.3, -0.25) is 9.59 Å². The predicted octanol–water partition coefficient (Wildman–Crippen LogP) is 8.02. The summed E-state index contributed by atoms with van der Waals surface area (Å²) in [6.45, 7) is 9.97. The average molecular weight is 657 g/mol. The lowest BCUT2D eigenvalue weighted by Gasteiger charge is -2.49. The second kappa shape index (κ2) is 11.8. The first-order chi connectivity index (χ1) is 19.8. The molecule has 5 rings (SSSR count). The summed E-state index contributed by atoms with van der Waals surface area (Å²) in [6, 6.07) is 11.4. The van der Waals surface area contributed by atoms with E-state index in [1.165, 1.54) is 0 Å². The van der Waals surface area contributed by atoms with E-state index in [1.807, 2.05) is 36.4 Å². The molecule has 2 aromatic carbocycles. The number of hydrogen-bond donors (Lipinski definition) is 0. The van der Waals surface area contributed by atoms with Crippen molar-refractivity contribution in [3.63, 3.8) is 0 Å². The van der Waals surface area contributed by atoms with Crippen LogP contribution in [0.1, 0.15) is 70.4 Å². The molecule has 8 heteroatoms. The summed E-state index contributed by atoms with van der Waals surface area (Å²) in [5.74, 6) is 0.783. The fraction of sp³-hybridized carbons (Fsp3) is 0.471. The quantitative estimate of drug-likeness (QED) is 0.287. The van der Waals surface area contributed by atoms with Gasteiger partial charge in [0.25, 0.3) is 0 Å². The molecular formula is C34H39BrClNO5. The Morgan fingerprint density at radius 3 is 2.10 bits per heavy atom. The number of carbonyl (C=O) groups excluding carboxylic acids is 2. The van der Waals surface area contributed by atoms with Gasteiger partial charge in [-0.1, -0.05) is 51.4 Å². The number of ether oxygens (including phenoxy) is 3. The summed E-state index contributed by atoms with van der Waals surface area (Å²) in [6.07, 6.45) is 2.36. The van der Waals surface area contributed by atoms with Crippen molar-refractivity contribution in [3.05, 3.63) is 79.6 Å². The molecule has 0 atom stereocenters. The Balaban J connectivity index is 1.65. The predicted molar refractivity (Wildman–Crippen MR) is 168 cm³/mol. The van der Waals surface area contributed by atoms with Crippen molar-refractivity contribution in [2.45, 2.75) is 65.9 Å². The zero-order chi connectivity index (χ0) is 30.4. The lowest BCUT2D eigenvalue weighted by atomic mass is 9.63. The minimum atomic E-state index is -0.479. The molecule has 0 amide bonds. The fourth-order valence-corrected chi connectivity index (χ4v) is 7.45. The van der Waals surface area contributed by atoms with E-state index in [1.54, 1.807) is 14.2 Å². The van der Waals surface area contributed by atoms with Crippen LogP contribution < -0.4 is 9.47 Å². The normalized spacial score (nSPS) is 20.0. The zero-order valence-corrected chi connectivity index (χ0v) is 27.6. The summed E-state index contributed by atoms with van der Waals surface area (Å²) >= 11 is 9.89. The van der Waals surface area contributed by atoms with E-state index in [0.29, 0.717) is 53.6 Å². The molecule has 0 fully saturated rings. The zero-order valence-electron chi connectivity index (χ0n) is 25.2. The molecule has 3 aliphatic rings. The highest BCUT2D eigenvalue weighted by atomic mass is 79.9. The number of hydrogen-bond acceptors (Lipinski definition) is 6. The minimum absolute atomic E-state index is 0.0919. The molecular weight excluding hydrogens is 618 g/mol. The van der Waals surface area contributed by atoms with Crippen molar-refractivity contribution >= 4 is 39.1 Å². The Morgan fingerprint density at radius 2 is 1.55 bits per heavy atom. The SMILES string of the molecule is COCCN1C2=C(C(=O)CC(C)(C)C2)C(c2cc(Br)c(OCc3cccc(Cl)c3)c(OC)c2)C2=C1CC(C)(C)CC2=O. The molecule has 6 nitrogen and oxygen atoms in total. The van der Waals surface area contributed by atoms with Gasteiger partial charge in [-0.2, -0.15) is 0 Å². The number of nitrogens with zero attached hydrogens (tertiary/aromatic N) is 1. The number of benzene rings is 2. The first kappa shape index (κ1) is 30.8. The third kappa shape index (κ3) is 6.06. The van der Waals surface area contributed by atoms with Gasteiger partial charge in [0.15, 0.2) is 23.1 Å². The Hall–Kier alpha value is -2.61. The molecule has 0 aromatic heterocycles. The molecule has 2 aliphatic carbocycles. The summed E-state index contributed by atoms with van der Waals surface area (Å²) in [5.41, 5.74) is 4.86. The summed E-state index contributed by atoms with van der Waals surface area (Å²) in [7, 11) is 3.28. The van der Waals surface area contributed by atoms with Crippen LogP contribution in [0.2, 0.25) is 5.02 Å². The van der Waals surface area contributed by atoms with Crippen LogP contribution in [0, 0.1) is 10.8 Å². The van der Waals surface area contributed by atoms with Crippen LogP contribution in [-0.4, -0.2) is 43.8 Å². The maximum absolute atomic E-state index is 14.0. The number of rotatable bonds is 8. The van der Waals surface area contributed by atoms with Gasteiger partial charge < -0.3 is 19.1 Å². The van der Waals surface area contributed by atoms with Gasteiger partial charge in [0.1, 0.15) is 6.61 Å². The van der Waals surface area contributed by atoms with Crippen molar-refractivity contribution in [3.8, 4) is 11.5 Å². The largest absolute Gasteiger partial charge is 0.493 e. The topological polar surface area (TPSA) is 65.1 Å². The fourth-order valence-electron chi connectivity index (χ4n) is 6.66. The first-order valence-corrected chi connectivity index (χ1v) is 15.5. The second-order valence-corrected chi connectivity index (χ2v) is 14.4. The molecule has 0 saturated carbocycles. The van der Waals surface area contributed by atoms with Crippen molar-refractivity contribution < 1.29 is 23.8 Å². The molecule has 1 heterocycles. The maximum atomic E-state index is 14.0. The molecule has 0 spiro atoms. The summed E-state index contributed by atoms with van der Waals surface area (Å²) < 4.78 is 18.2. The van der Waals surface area contributed by atoms with Crippen LogP contribution in [0.3, 0.4) is 0 Å². The van der Waals surface area contributed by atoms with Crippen molar-refractivity contribution in [1.29, 1.82) is 0 Å². The van der Waals surface area contributed by atoms with Gasteiger partial charge in [-0.05, 0) is 75.0 Å². The number of Topliss-reactive ketones (excluding diaryl/α,β-unsaturated/α-hetero) is 2. The Morgan fingerprint density at radius 1 is 0.929 bits per heavy atom. The minimum Gasteiger partial charge on any atom is -0.493 e. The number of methoxy groups -OCH3 is 2. The number of ketones is 2. The average Bonchev–Trinajstić information content (AvgIpc) is 2.89. The van der Waals surface area contributed by atoms with Gasteiger partial charge in [0, 0.05) is 60.0 Å². The summed E-state index contributed by atoms with van der Waals surface area (Å²) in [5, 5.41) is 0.642. The van der Waals surface area contributed by atoms with E-state index in [2.05, 4.69) is 48.5 Å². The number of halogens is 2. The Labute approximate surface area is 262 Å². The highest BCUT2D eigenvalue weighted by molar-refractivity contribution is 9.10. The van der Waals surface area contributed by atoms with Crippen LogP contribution in [0.4, 0.5) is 0 Å². The summed E-state index contributed by atoms with van der Waals surface area (Å²) in [4.78, 5) is 30.3. The molecule has 1 aliphatic heterocycles. The van der Waals surface area contributed by atoms with Crippen molar-refractivity contribution in [2.75, 3.05) is 27.4 Å². The van der Waals surface area contributed by atoms with Crippen LogP contribution in [-0.2, 0) is 20.9 Å². The van der Waals surface area contributed by atoms with E-state index in [9.17, 15) is 9.59 Å². The van der Waals surface area contributed by atoms with E-state index in [-0.39, 0.29) is 22.4 Å². The van der Waals surface area contributed by atoms with Crippen LogP contribution in [0.5, 0.6) is 11.5 Å². The van der Waals surface area contributed by atoms with Crippen LogP contribution in [0.15, 0.2) is 63.4 Å². The molecule has 224 valence electrons. The van der Waals surface area contributed by atoms with Crippen molar-refractivity contribution in [2.24, 2.45) is 10.8 Å². The smallest absolute Gasteiger partial charge is 0.175 e. The number of allylic oxidation sites excluding steroid dienone is 4. The Bertz CT molecular complexity index is 1440. The van der Waals surface area contributed by atoms with E-state index in [0.717, 1.165) is 46.5 Å². The van der Waals surface area contributed by atoms with Gasteiger partial charge in [-0.25, -0.2) is 0 Å². The molecule has 0 saturated heterocycles. The van der Waals surface area contributed by atoms with E-state index in [4.69, 9.17) is 25.8 Å². The molecule has 42 heavy (non-hydrogen) atoms. The van der Waals surface area contributed by atoms with Gasteiger partial charge >= 0.3 is 0 Å². The molecule has 0 unspecified atom stereocenters. The van der Waals surface area contributed by atoms with Gasteiger partial charge in [-0.15, -0.1) is 0 Å². The van der Waals surface area contributed by atoms with Gasteiger partial charge in [0.05, 0.1) is 18.2 Å². The van der Waals surface area contributed by atoms with Crippen LogP contribution in [0.25, 0.3) is 0 Å². The standard InChI is InChI=1S/C34H39BrClNO5/c1-33(2)15-24-30(26(38)17-33)29(31-25(37(24)10-11-40-5)16-34(3,4)18-27(31)39)21-13-23(35)32(28(14-21)41-6)42-19-20-8-7-9-22(36)12-20/h7-9,12-14,29H,10-11,15-19H2,1-6H3. The lowest BCUT2D eigenvalue weighted by Crippen LogP contribution is -2.45. The molecule has 0 bridgehead atoms. The highest BCUT2D eigenvalue weighted by Gasteiger charge is 2.49. The van der Waals surface area contributed by atoms with Crippen LogP contribution >= 0.6 is 27.5 Å². The van der Waals surface area contributed by atoms with E-state index >= 15 is 0 Å². The lowest BCUT2D eigenvalue weighted by molar-refractivity contribution is -0.119. The number of carbonyl (C=O) groups is 2. The maximum Gasteiger partial charge on any atom is 0.175 e. The van der Waals surface area contributed by atoms with Gasteiger partial charge in [0.2, 0.25) is 0 Å². The Kier molecular flexibility index (Phi) is 8.68. The second-order valence-electron chi connectivity index (χ2n) is 13.1. The van der Waals surface area contributed by atoms with E-state index < -0.39 is 5.92 Å². The molecule has 0 radical (unpaired) electrons.